The standard InChI is InChI=1S/C17H18O5S/c1-3-23(19,20)16-11-7-5-9-14(16)17(18)22-12-13-8-4-6-10-15(13)21-2/h4-11H,3,12H2,1-2H3. The van der Waals surface area contributed by atoms with Gasteiger partial charge in [-0.1, -0.05) is 37.3 Å². The summed E-state index contributed by atoms with van der Waals surface area (Å²) < 4.78 is 34.6. The first-order valence-electron chi connectivity index (χ1n) is 7.10. The van der Waals surface area contributed by atoms with E-state index in [0.717, 1.165) is 0 Å². The van der Waals surface area contributed by atoms with Crippen LogP contribution in [0, 0.1) is 0 Å². The SMILES string of the molecule is CCS(=O)(=O)c1ccccc1C(=O)OCc1ccccc1OC. The number of methoxy groups -OCH3 is 1. The van der Waals surface area contributed by atoms with E-state index in [9.17, 15) is 13.2 Å². The summed E-state index contributed by atoms with van der Waals surface area (Å²) in [5.74, 6) is -0.151. The molecule has 0 aliphatic carbocycles. The second kappa shape index (κ2) is 7.28. The van der Waals surface area contributed by atoms with Crippen LogP contribution in [0.2, 0.25) is 0 Å². The third kappa shape index (κ3) is 3.90. The monoisotopic (exact) mass is 334 g/mol. The molecule has 122 valence electrons. The van der Waals surface area contributed by atoms with Crippen LogP contribution in [-0.2, 0) is 21.2 Å². The Morgan fingerprint density at radius 3 is 2.39 bits per heavy atom. The van der Waals surface area contributed by atoms with Crippen molar-refractivity contribution in [2.75, 3.05) is 12.9 Å². The summed E-state index contributed by atoms with van der Waals surface area (Å²) in [5.41, 5.74) is 0.753. The fourth-order valence-corrected chi connectivity index (χ4v) is 3.19. The molecular formula is C17H18O5S. The largest absolute Gasteiger partial charge is 0.496 e. The summed E-state index contributed by atoms with van der Waals surface area (Å²) in [6.07, 6.45) is 0. The molecule has 0 unspecified atom stereocenters. The van der Waals surface area contributed by atoms with E-state index < -0.39 is 15.8 Å². The van der Waals surface area contributed by atoms with Crippen molar-refractivity contribution in [2.24, 2.45) is 0 Å². The van der Waals surface area contributed by atoms with E-state index in [0.29, 0.717) is 11.3 Å². The molecule has 0 atom stereocenters. The molecule has 2 aromatic rings. The second-order valence-corrected chi connectivity index (χ2v) is 7.03. The zero-order chi connectivity index (χ0) is 16.9. The van der Waals surface area contributed by atoms with E-state index in [1.165, 1.54) is 26.2 Å². The number of hydrogen-bond donors (Lipinski definition) is 0. The van der Waals surface area contributed by atoms with Crippen molar-refractivity contribution >= 4 is 15.8 Å². The Hall–Kier alpha value is -2.34. The summed E-state index contributed by atoms with van der Waals surface area (Å²) in [5, 5.41) is 0. The lowest BCUT2D eigenvalue weighted by Gasteiger charge is -2.11. The minimum absolute atomic E-state index is 0.00333. The fraction of sp³-hybridized carbons (Fsp3) is 0.235. The van der Waals surface area contributed by atoms with Crippen molar-refractivity contribution < 1.29 is 22.7 Å². The molecule has 0 saturated carbocycles. The van der Waals surface area contributed by atoms with Crippen molar-refractivity contribution in [3.63, 3.8) is 0 Å². The van der Waals surface area contributed by atoms with Gasteiger partial charge in [0.25, 0.3) is 0 Å². The topological polar surface area (TPSA) is 69.7 Å². The van der Waals surface area contributed by atoms with Gasteiger partial charge in [-0.2, -0.15) is 0 Å². The van der Waals surface area contributed by atoms with E-state index in [4.69, 9.17) is 9.47 Å². The zero-order valence-corrected chi connectivity index (χ0v) is 13.8. The van der Waals surface area contributed by atoms with Crippen LogP contribution >= 0.6 is 0 Å². The Balaban J connectivity index is 2.22. The second-order valence-electron chi connectivity index (χ2n) is 4.79. The third-order valence-corrected chi connectivity index (χ3v) is 5.16. The van der Waals surface area contributed by atoms with Crippen molar-refractivity contribution in [1.82, 2.24) is 0 Å². The maximum Gasteiger partial charge on any atom is 0.339 e. The Morgan fingerprint density at radius 2 is 1.70 bits per heavy atom. The van der Waals surface area contributed by atoms with Crippen LogP contribution < -0.4 is 4.74 Å². The van der Waals surface area contributed by atoms with Gasteiger partial charge in [-0.05, 0) is 18.2 Å². The average Bonchev–Trinajstić information content (AvgIpc) is 2.59. The highest BCUT2D eigenvalue weighted by Gasteiger charge is 2.21. The van der Waals surface area contributed by atoms with E-state index in [2.05, 4.69) is 0 Å². The Labute approximate surface area is 135 Å². The summed E-state index contributed by atoms with van der Waals surface area (Å²) >= 11 is 0. The quantitative estimate of drug-likeness (QED) is 0.760. The van der Waals surface area contributed by atoms with Crippen LogP contribution in [0.1, 0.15) is 22.8 Å². The molecule has 0 aliphatic rings. The molecule has 0 aliphatic heterocycles. The Morgan fingerprint density at radius 1 is 1.04 bits per heavy atom. The third-order valence-electron chi connectivity index (χ3n) is 3.37. The number of carbonyl (C=O) groups excluding carboxylic acids is 1. The molecule has 0 saturated heterocycles. The number of esters is 1. The van der Waals surface area contributed by atoms with Crippen molar-refractivity contribution in [1.29, 1.82) is 0 Å². The first-order valence-corrected chi connectivity index (χ1v) is 8.75. The van der Waals surface area contributed by atoms with E-state index in [1.54, 1.807) is 30.3 Å². The molecular weight excluding hydrogens is 316 g/mol. The molecule has 0 heterocycles. The number of carbonyl (C=O) groups is 1. The van der Waals surface area contributed by atoms with Gasteiger partial charge in [0.15, 0.2) is 9.84 Å². The van der Waals surface area contributed by atoms with Gasteiger partial charge >= 0.3 is 5.97 Å². The summed E-state index contributed by atoms with van der Waals surface area (Å²) in [4.78, 5) is 12.3. The van der Waals surface area contributed by atoms with Gasteiger partial charge < -0.3 is 9.47 Å². The van der Waals surface area contributed by atoms with Gasteiger partial charge in [-0.25, -0.2) is 13.2 Å². The Kier molecular flexibility index (Phi) is 5.39. The fourth-order valence-electron chi connectivity index (χ4n) is 2.11. The minimum Gasteiger partial charge on any atom is -0.496 e. The van der Waals surface area contributed by atoms with Crippen LogP contribution in [-0.4, -0.2) is 27.2 Å². The summed E-state index contributed by atoms with van der Waals surface area (Å²) in [7, 11) is -1.96. The molecule has 0 radical (unpaired) electrons. The van der Waals surface area contributed by atoms with Crippen LogP contribution in [0.25, 0.3) is 0 Å². The first-order chi connectivity index (χ1) is 11.0. The number of hydrogen-bond acceptors (Lipinski definition) is 5. The van der Waals surface area contributed by atoms with Crippen molar-refractivity contribution in [3.05, 3.63) is 59.7 Å². The van der Waals surface area contributed by atoms with Gasteiger partial charge in [0.1, 0.15) is 12.4 Å². The molecule has 0 bridgehead atoms. The van der Waals surface area contributed by atoms with E-state index in [-0.39, 0.29) is 22.8 Å². The summed E-state index contributed by atoms with van der Waals surface area (Å²) in [6.45, 7) is 1.54. The predicted molar refractivity (Wildman–Crippen MR) is 86.3 cm³/mol. The van der Waals surface area contributed by atoms with Crippen LogP contribution in [0.15, 0.2) is 53.4 Å². The van der Waals surface area contributed by atoms with Gasteiger partial charge in [0, 0.05) is 5.56 Å². The van der Waals surface area contributed by atoms with Gasteiger partial charge in [0.05, 0.1) is 23.3 Å². The number of rotatable bonds is 6. The molecule has 0 N–H and O–H groups in total. The maximum absolute atomic E-state index is 12.3. The highest BCUT2D eigenvalue weighted by atomic mass is 32.2. The van der Waals surface area contributed by atoms with Gasteiger partial charge in [-0.15, -0.1) is 0 Å². The molecule has 0 fully saturated rings. The lowest BCUT2D eigenvalue weighted by molar-refractivity contribution is 0.0465. The molecule has 2 aromatic carbocycles. The lowest BCUT2D eigenvalue weighted by atomic mass is 10.2. The molecule has 0 spiro atoms. The predicted octanol–water partition coefficient (Wildman–Crippen LogP) is 2.85. The van der Waals surface area contributed by atoms with E-state index >= 15 is 0 Å². The van der Waals surface area contributed by atoms with Crippen LogP contribution in [0.5, 0.6) is 5.75 Å². The highest BCUT2D eigenvalue weighted by Crippen LogP contribution is 2.21. The normalized spacial score (nSPS) is 11.0. The molecule has 2 rings (SSSR count). The molecule has 6 heteroatoms. The Bertz CT molecular complexity index is 796. The molecule has 0 amide bonds. The molecule has 5 nitrogen and oxygen atoms in total. The smallest absolute Gasteiger partial charge is 0.339 e. The molecule has 23 heavy (non-hydrogen) atoms. The number of benzene rings is 2. The first kappa shape index (κ1) is 17.0. The summed E-state index contributed by atoms with van der Waals surface area (Å²) in [6, 6.07) is 13.2. The van der Waals surface area contributed by atoms with Crippen LogP contribution in [0.3, 0.4) is 0 Å². The van der Waals surface area contributed by atoms with Gasteiger partial charge in [-0.3, -0.25) is 0 Å². The number of para-hydroxylation sites is 1. The van der Waals surface area contributed by atoms with Crippen LogP contribution in [0.4, 0.5) is 0 Å². The maximum atomic E-state index is 12.3. The minimum atomic E-state index is -3.50. The number of sulfone groups is 1. The zero-order valence-electron chi connectivity index (χ0n) is 13.0. The van der Waals surface area contributed by atoms with E-state index in [1.807, 2.05) is 6.07 Å². The van der Waals surface area contributed by atoms with Crippen molar-refractivity contribution in [2.45, 2.75) is 18.4 Å². The van der Waals surface area contributed by atoms with Crippen molar-refractivity contribution in [3.8, 4) is 5.75 Å². The average molecular weight is 334 g/mol. The van der Waals surface area contributed by atoms with Gasteiger partial charge in [0.2, 0.25) is 0 Å². The highest BCUT2D eigenvalue weighted by molar-refractivity contribution is 7.91. The lowest BCUT2D eigenvalue weighted by Crippen LogP contribution is -2.13. The number of ether oxygens (including phenoxy) is 2. The molecule has 0 aromatic heterocycles.